The maximum absolute atomic E-state index is 9.78. The van der Waals surface area contributed by atoms with Crippen LogP contribution >= 0.6 is 0 Å². The van der Waals surface area contributed by atoms with Crippen molar-refractivity contribution in [1.82, 2.24) is 4.90 Å². The second-order valence-electron chi connectivity index (χ2n) is 2.99. The summed E-state index contributed by atoms with van der Waals surface area (Å²) in [6.07, 6.45) is 3.24. The van der Waals surface area contributed by atoms with Crippen molar-refractivity contribution >= 4 is 0 Å². The topological polar surface area (TPSA) is 32.7 Å². The number of hydrogen-bond donors (Lipinski definition) is 0. The third kappa shape index (κ3) is 6.28. The Morgan fingerprint density at radius 2 is 1.92 bits per heavy atom. The summed E-state index contributed by atoms with van der Waals surface area (Å²) in [7, 11) is 0. The molecule has 3 nitrogen and oxygen atoms in total. The number of unbranched alkanes of at least 4 members (excludes halogenated alkanes) is 1. The molecule has 12 heavy (non-hydrogen) atoms. The number of nitrogens with zero attached hydrogens (tertiary/aromatic N) is 2. The van der Waals surface area contributed by atoms with Crippen molar-refractivity contribution < 1.29 is 0 Å². The van der Waals surface area contributed by atoms with Gasteiger partial charge in [-0.25, -0.2) is 0 Å². The molecule has 0 atom stereocenters. The minimum atomic E-state index is 0.476. The molecule has 3 heteroatoms. The molecule has 0 bridgehead atoms. The molecule has 0 spiro atoms. The second kappa shape index (κ2) is 8.65. The highest BCUT2D eigenvalue weighted by atomic mass is 16.3. The van der Waals surface area contributed by atoms with Gasteiger partial charge in [0.1, 0.15) is 0 Å². The van der Waals surface area contributed by atoms with E-state index in [2.05, 4.69) is 23.9 Å². The quantitative estimate of drug-likeness (QED) is 0.415. The van der Waals surface area contributed by atoms with Crippen LogP contribution in [0.3, 0.4) is 0 Å². The molecule has 72 valence electrons. The highest BCUT2D eigenvalue weighted by Gasteiger charge is 1.99. The fourth-order valence-electron chi connectivity index (χ4n) is 1.26. The molecular weight excluding hydrogens is 152 g/mol. The lowest BCUT2D eigenvalue weighted by molar-refractivity contribution is 0.283. The van der Waals surface area contributed by atoms with Crippen LogP contribution < -0.4 is 0 Å². The molecule has 0 aliphatic carbocycles. The second-order valence-corrected chi connectivity index (χ2v) is 2.99. The van der Waals surface area contributed by atoms with Crippen molar-refractivity contribution in [3.05, 3.63) is 4.91 Å². The first-order chi connectivity index (χ1) is 5.85. The maximum Gasteiger partial charge on any atom is 0.0811 e. The summed E-state index contributed by atoms with van der Waals surface area (Å²) in [5.74, 6) is 0. The summed E-state index contributed by atoms with van der Waals surface area (Å²) in [4.78, 5) is 12.2. The lowest BCUT2D eigenvalue weighted by Crippen LogP contribution is -2.25. The van der Waals surface area contributed by atoms with Crippen LogP contribution in [0.2, 0.25) is 0 Å². The van der Waals surface area contributed by atoms with Gasteiger partial charge in [0.15, 0.2) is 0 Å². The average Bonchev–Trinajstić information content (AvgIpc) is 2.10. The third-order valence-corrected chi connectivity index (χ3v) is 1.96. The molecule has 0 aromatic carbocycles. The van der Waals surface area contributed by atoms with Crippen LogP contribution in [-0.4, -0.2) is 31.1 Å². The van der Waals surface area contributed by atoms with Gasteiger partial charge in [0, 0.05) is 0 Å². The normalized spacial score (nSPS) is 10.6. The third-order valence-electron chi connectivity index (χ3n) is 1.96. The summed E-state index contributed by atoms with van der Waals surface area (Å²) in [6.45, 7) is 8.24. The lowest BCUT2D eigenvalue weighted by atomic mass is 10.3. The summed E-state index contributed by atoms with van der Waals surface area (Å²) in [5.41, 5.74) is 0. The summed E-state index contributed by atoms with van der Waals surface area (Å²) < 4.78 is 0. The average molecular weight is 172 g/mol. The van der Waals surface area contributed by atoms with Crippen molar-refractivity contribution in [1.29, 1.82) is 0 Å². The molecule has 0 saturated heterocycles. The Morgan fingerprint density at radius 3 is 2.42 bits per heavy atom. The molecule has 0 unspecified atom stereocenters. The fraction of sp³-hybridized carbons (Fsp3) is 1.00. The molecule has 0 fully saturated rings. The SMILES string of the molecule is CCCN(CC)CCCCN=O. The van der Waals surface area contributed by atoms with E-state index in [-0.39, 0.29) is 0 Å². The monoisotopic (exact) mass is 172 g/mol. The maximum atomic E-state index is 9.78. The van der Waals surface area contributed by atoms with Crippen LogP contribution in [0.15, 0.2) is 5.18 Å². The van der Waals surface area contributed by atoms with Gasteiger partial charge in [-0.2, -0.15) is 4.91 Å². The predicted octanol–water partition coefficient (Wildman–Crippen LogP) is 2.26. The number of rotatable bonds is 8. The molecule has 0 rings (SSSR count). The van der Waals surface area contributed by atoms with Crippen molar-refractivity contribution in [2.45, 2.75) is 33.1 Å². The molecule has 0 aromatic rings. The van der Waals surface area contributed by atoms with Gasteiger partial charge in [-0.3, -0.25) is 0 Å². The molecule has 0 heterocycles. The Morgan fingerprint density at radius 1 is 1.17 bits per heavy atom. The molecular formula is C9H20N2O. The van der Waals surface area contributed by atoms with E-state index in [0.717, 1.165) is 25.9 Å². The largest absolute Gasteiger partial charge is 0.304 e. The van der Waals surface area contributed by atoms with Crippen LogP contribution in [0.5, 0.6) is 0 Å². The zero-order valence-electron chi connectivity index (χ0n) is 8.25. The molecule has 0 N–H and O–H groups in total. The zero-order valence-corrected chi connectivity index (χ0v) is 8.25. The van der Waals surface area contributed by atoms with Crippen LogP contribution in [0, 0.1) is 4.91 Å². The molecule has 0 aromatic heterocycles. The predicted molar refractivity (Wildman–Crippen MR) is 52.3 cm³/mol. The summed E-state index contributed by atoms with van der Waals surface area (Å²) >= 11 is 0. The van der Waals surface area contributed by atoms with E-state index in [1.165, 1.54) is 13.0 Å². The van der Waals surface area contributed by atoms with E-state index in [4.69, 9.17) is 0 Å². The Bertz CT molecular complexity index is 107. The zero-order chi connectivity index (χ0) is 9.23. The van der Waals surface area contributed by atoms with Gasteiger partial charge in [-0.1, -0.05) is 19.0 Å². The molecule has 0 aliphatic heterocycles. The Hall–Kier alpha value is -0.440. The molecule has 0 saturated carbocycles. The first kappa shape index (κ1) is 11.6. The Labute approximate surface area is 75.1 Å². The number of nitroso groups, excluding NO2 is 1. The summed E-state index contributed by atoms with van der Waals surface area (Å²) in [5, 5.41) is 2.84. The van der Waals surface area contributed by atoms with E-state index in [0.29, 0.717) is 6.54 Å². The van der Waals surface area contributed by atoms with E-state index < -0.39 is 0 Å². The van der Waals surface area contributed by atoms with Gasteiger partial charge in [0.2, 0.25) is 0 Å². The molecule has 0 radical (unpaired) electrons. The van der Waals surface area contributed by atoms with Crippen molar-refractivity contribution in [2.24, 2.45) is 5.18 Å². The smallest absolute Gasteiger partial charge is 0.0811 e. The van der Waals surface area contributed by atoms with Crippen LogP contribution in [0.4, 0.5) is 0 Å². The van der Waals surface area contributed by atoms with E-state index in [1.54, 1.807) is 0 Å². The Kier molecular flexibility index (Phi) is 8.34. The van der Waals surface area contributed by atoms with Gasteiger partial charge >= 0.3 is 0 Å². The van der Waals surface area contributed by atoms with Gasteiger partial charge in [0.25, 0.3) is 0 Å². The minimum Gasteiger partial charge on any atom is -0.304 e. The standard InChI is InChI=1S/C9H20N2O/c1-3-8-11(4-2)9-6-5-7-10-12/h3-9H2,1-2H3. The van der Waals surface area contributed by atoms with Crippen molar-refractivity contribution in [2.75, 3.05) is 26.2 Å². The fourth-order valence-corrected chi connectivity index (χ4v) is 1.26. The van der Waals surface area contributed by atoms with Crippen LogP contribution in [-0.2, 0) is 0 Å². The van der Waals surface area contributed by atoms with E-state index in [9.17, 15) is 4.91 Å². The van der Waals surface area contributed by atoms with Gasteiger partial charge < -0.3 is 4.90 Å². The highest BCUT2D eigenvalue weighted by Crippen LogP contribution is 1.96. The first-order valence-electron chi connectivity index (χ1n) is 4.86. The Balaban J connectivity index is 3.24. The van der Waals surface area contributed by atoms with E-state index >= 15 is 0 Å². The van der Waals surface area contributed by atoms with Crippen molar-refractivity contribution in [3.8, 4) is 0 Å². The van der Waals surface area contributed by atoms with Gasteiger partial charge in [0.05, 0.1) is 6.54 Å². The van der Waals surface area contributed by atoms with Crippen molar-refractivity contribution in [3.63, 3.8) is 0 Å². The first-order valence-corrected chi connectivity index (χ1v) is 4.86. The van der Waals surface area contributed by atoms with Gasteiger partial charge in [-0.15, -0.1) is 0 Å². The van der Waals surface area contributed by atoms with E-state index in [1.807, 2.05) is 0 Å². The number of hydrogen-bond acceptors (Lipinski definition) is 3. The van der Waals surface area contributed by atoms with Crippen LogP contribution in [0.1, 0.15) is 33.1 Å². The highest BCUT2D eigenvalue weighted by molar-refractivity contribution is 4.55. The summed E-state index contributed by atoms with van der Waals surface area (Å²) in [6, 6.07) is 0. The van der Waals surface area contributed by atoms with Gasteiger partial charge in [-0.05, 0) is 38.9 Å². The minimum absolute atomic E-state index is 0.476. The molecule has 0 amide bonds. The van der Waals surface area contributed by atoms with Crippen LogP contribution in [0.25, 0.3) is 0 Å². The molecule has 0 aliphatic rings. The lowest BCUT2D eigenvalue weighted by Gasteiger charge is -2.18.